The summed E-state index contributed by atoms with van der Waals surface area (Å²) >= 11 is 2.24. The van der Waals surface area contributed by atoms with Crippen molar-refractivity contribution in [2.45, 2.75) is 13.1 Å². The Hall–Kier alpha value is -1.74. The summed E-state index contributed by atoms with van der Waals surface area (Å²) in [7, 11) is 0. The van der Waals surface area contributed by atoms with Crippen molar-refractivity contribution in [1.82, 2.24) is 14.9 Å². The zero-order valence-electron chi connectivity index (χ0n) is 13.1. The second kappa shape index (κ2) is 6.64. The Balaban J connectivity index is 1.51. The SMILES string of the molecule is O=C(c1ccc(I)cc1)N1Cc2cnc(N3CCOCC3)nc2C1. The van der Waals surface area contributed by atoms with Crippen LogP contribution in [0.1, 0.15) is 21.6 Å². The highest BCUT2D eigenvalue weighted by Gasteiger charge is 2.27. The number of amides is 1. The summed E-state index contributed by atoms with van der Waals surface area (Å²) in [4.78, 5) is 25.8. The number of anilines is 1. The van der Waals surface area contributed by atoms with Gasteiger partial charge in [-0.05, 0) is 46.9 Å². The van der Waals surface area contributed by atoms with Crippen LogP contribution in [0.4, 0.5) is 5.95 Å². The lowest BCUT2D eigenvalue weighted by Gasteiger charge is -2.26. The van der Waals surface area contributed by atoms with Crippen LogP contribution in [0, 0.1) is 3.57 Å². The Bertz CT molecular complexity index is 760. The molecule has 4 rings (SSSR count). The summed E-state index contributed by atoms with van der Waals surface area (Å²) in [6.45, 7) is 4.15. The van der Waals surface area contributed by atoms with Gasteiger partial charge < -0.3 is 14.5 Å². The molecule has 0 bridgehead atoms. The standard InChI is InChI=1S/C17H17IN4O2/c18-14-3-1-12(2-4-14)16(23)22-10-13-9-19-17(20-15(13)11-22)21-5-7-24-8-6-21/h1-4,9H,5-8,10-11H2. The minimum absolute atomic E-state index is 0.0392. The van der Waals surface area contributed by atoms with Gasteiger partial charge >= 0.3 is 0 Å². The van der Waals surface area contributed by atoms with Crippen molar-refractivity contribution >= 4 is 34.4 Å². The van der Waals surface area contributed by atoms with Gasteiger partial charge in [0, 0.05) is 40.5 Å². The second-order valence-electron chi connectivity index (χ2n) is 5.91. The van der Waals surface area contributed by atoms with E-state index in [0.717, 1.165) is 33.9 Å². The molecule has 0 atom stereocenters. The van der Waals surface area contributed by atoms with Crippen LogP contribution in [0.15, 0.2) is 30.5 Å². The Morgan fingerprint density at radius 3 is 2.62 bits per heavy atom. The van der Waals surface area contributed by atoms with Crippen molar-refractivity contribution in [2.75, 3.05) is 31.2 Å². The lowest BCUT2D eigenvalue weighted by molar-refractivity contribution is 0.0750. The lowest BCUT2D eigenvalue weighted by atomic mass is 10.2. The molecule has 1 fully saturated rings. The van der Waals surface area contributed by atoms with Crippen molar-refractivity contribution in [3.63, 3.8) is 0 Å². The first-order valence-corrected chi connectivity index (χ1v) is 9.01. The first-order chi connectivity index (χ1) is 11.7. The van der Waals surface area contributed by atoms with Gasteiger partial charge in [0.25, 0.3) is 5.91 Å². The molecule has 0 spiro atoms. The number of carbonyl (C=O) groups is 1. The number of fused-ring (bicyclic) bond motifs is 1. The molecule has 1 aromatic heterocycles. The van der Waals surface area contributed by atoms with E-state index < -0.39 is 0 Å². The van der Waals surface area contributed by atoms with E-state index in [2.05, 4.69) is 37.5 Å². The van der Waals surface area contributed by atoms with E-state index in [1.165, 1.54) is 0 Å². The van der Waals surface area contributed by atoms with Crippen molar-refractivity contribution < 1.29 is 9.53 Å². The molecule has 0 saturated carbocycles. The molecule has 2 aliphatic heterocycles. The molecular formula is C17H17IN4O2. The maximum atomic E-state index is 12.7. The molecule has 1 saturated heterocycles. The minimum Gasteiger partial charge on any atom is -0.378 e. The molecule has 24 heavy (non-hydrogen) atoms. The fourth-order valence-electron chi connectivity index (χ4n) is 2.98. The average molecular weight is 436 g/mol. The van der Waals surface area contributed by atoms with Crippen LogP contribution in [0.2, 0.25) is 0 Å². The van der Waals surface area contributed by atoms with E-state index in [9.17, 15) is 4.79 Å². The summed E-state index contributed by atoms with van der Waals surface area (Å²) in [5.41, 5.74) is 2.70. The van der Waals surface area contributed by atoms with Crippen molar-refractivity contribution in [3.8, 4) is 0 Å². The number of morpholine rings is 1. The molecule has 0 unspecified atom stereocenters. The lowest BCUT2D eigenvalue weighted by Crippen LogP contribution is -2.37. The fourth-order valence-corrected chi connectivity index (χ4v) is 3.34. The number of rotatable bonds is 2. The highest BCUT2D eigenvalue weighted by Crippen LogP contribution is 2.24. The number of nitrogens with zero attached hydrogens (tertiary/aromatic N) is 4. The largest absolute Gasteiger partial charge is 0.378 e. The summed E-state index contributed by atoms with van der Waals surface area (Å²) in [5, 5.41) is 0. The topological polar surface area (TPSA) is 58.6 Å². The Labute approximate surface area is 154 Å². The van der Waals surface area contributed by atoms with Gasteiger partial charge in [0.1, 0.15) is 0 Å². The third-order valence-corrected chi connectivity index (χ3v) is 5.03. The van der Waals surface area contributed by atoms with Crippen LogP contribution in [0.25, 0.3) is 0 Å². The predicted molar refractivity (Wildman–Crippen MR) is 97.8 cm³/mol. The van der Waals surface area contributed by atoms with E-state index in [1.54, 1.807) is 0 Å². The molecule has 0 N–H and O–H groups in total. The van der Waals surface area contributed by atoms with Crippen LogP contribution in [-0.2, 0) is 17.8 Å². The molecular weight excluding hydrogens is 419 g/mol. The predicted octanol–water partition coefficient (Wildman–Crippen LogP) is 2.07. The number of hydrogen-bond acceptors (Lipinski definition) is 5. The number of carbonyl (C=O) groups excluding carboxylic acids is 1. The van der Waals surface area contributed by atoms with Crippen molar-refractivity contribution in [3.05, 3.63) is 50.9 Å². The summed E-state index contributed by atoms with van der Waals surface area (Å²) in [6, 6.07) is 7.65. The van der Waals surface area contributed by atoms with Crippen LogP contribution in [0.5, 0.6) is 0 Å². The molecule has 3 heterocycles. The van der Waals surface area contributed by atoms with Gasteiger partial charge in [-0.2, -0.15) is 0 Å². The van der Waals surface area contributed by atoms with E-state index in [-0.39, 0.29) is 5.91 Å². The molecule has 6 nitrogen and oxygen atoms in total. The van der Waals surface area contributed by atoms with E-state index >= 15 is 0 Å². The molecule has 1 aromatic carbocycles. The normalized spacial score (nSPS) is 17.0. The van der Waals surface area contributed by atoms with E-state index in [1.807, 2.05) is 35.4 Å². The van der Waals surface area contributed by atoms with Gasteiger partial charge in [-0.25, -0.2) is 9.97 Å². The summed E-state index contributed by atoms with van der Waals surface area (Å²) in [5.74, 6) is 0.776. The molecule has 7 heteroatoms. The maximum absolute atomic E-state index is 12.7. The smallest absolute Gasteiger partial charge is 0.254 e. The van der Waals surface area contributed by atoms with Gasteiger partial charge in [0.2, 0.25) is 5.95 Å². The monoisotopic (exact) mass is 436 g/mol. The Kier molecular flexibility index (Phi) is 4.36. The number of hydrogen-bond donors (Lipinski definition) is 0. The summed E-state index contributed by atoms with van der Waals surface area (Å²) < 4.78 is 6.49. The number of benzene rings is 1. The van der Waals surface area contributed by atoms with Crippen LogP contribution in [-0.4, -0.2) is 47.1 Å². The summed E-state index contributed by atoms with van der Waals surface area (Å²) in [6.07, 6.45) is 1.86. The van der Waals surface area contributed by atoms with E-state index in [0.29, 0.717) is 31.9 Å². The first-order valence-electron chi connectivity index (χ1n) is 7.93. The third-order valence-electron chi connectivity index (χ3n) is 4.32. The highest BCUT2D eigenvalue weighted by molar-refractivity contribution is 14.1. The van der Waals surface area contributed by atoms with Gasteiger partial charge in [-0.15, -0.1) is 0 Å². The molecule has 1 amide bonds. The van der Waals surface area contributed by atoms with Crippen molar-refractivity contribution in [2.24, 2.45) is 0 Å². The van der Waals surface area contributed by atoms with E-state index in [4.69, 9.17) is 4.74 Å². The zero-order chi connectivity index (χ0) is 16.5. The number of aromatic nitrogens is 2. The molecule has 2 aromatic rings. The van der Waals surface area contributed by atoms with Crippen LogP contribution >= 0.6 is 22.6 Å². The molecule has 124 valence electrons. The number of halogens is 1. The molecule has 2 aliphatic rings. The Morgan fingerprint density at radius 1 is 1.12 bits per heavy atom. The average Bonchev–Trinajstić information content (AvgIpc) is 3.06. The van der Waals surface area contributed by atoms with Gasteiger partial charge in [-0.3, -0.25) is 4.79 Å². The fraction of sp³-hybridized carbons (Fsp3) is 0.353. The van der Waals surface area contributed by atoms with Gasteiger partial charge in [0.15, 0.2) is 0 Å². The first kappa shape index (κ1) is 15.8. The van der Waals surface area contributed by atoms with Gasteiger partial charge in [-0.1, -0.05) is 0 Å². The maximum Gasteiger partial charge on any atom is 0.254 e. The number of ether oxygens (including phenoxy) is 1. The van der Waals surface area contributed by atoms with Crippen molar-refractivity contribution in [1.29, 1.82) is 0 Å². The molecule has 0 aliphatic carbocycles. The van der Waals surface area contributed by atoms with Gasteiger partial charge in [0.05, 0.1) is 25.5 Å². The molecule has 0 radical (unpaired) electrons. The second-order valence-corrected chi connectivity index (χ2v) is 7.16. The Morgan fingerprint density at radius 2 is 1.88 bits per heavy atom. The van der Waals surface area contributed by atoms with Crippen LogP contribution < -0.4 is 4.90 Å². The third kappa shape index (κ3) is 3.10. The minimum atomic E-state index is 0.0392. The van der Waals surface area contributed by atoms with Crippen LogP contribution in [0.3, 0.4) is 0 Å². The zero-order valence-corrected chi connectivity index (χ0v) is 15.3. The highest BCUT2D eigenvalue weighted by atomic mass is 127. The quantitative estimate of drug-likeness (QED) is 0.675.